The van der Waals surface area contributed by atoms with E-state index in [9.17, 15) is 34.3 Å². The molecular formula is C20H27N4O11PS. The van der Waals surface area contributed by atoms with Crippen molar-refractivity contribution >= 4 is 18.5 Å². The van der Waals surface area contributed by atoms with Crippen LogP contribution in [0.4, 0.5) is 0 Å². The highest BCUT2D eigenvalue weighted by molar-refractivity contribution is 8.07. The molecule has 5 N–H and O–H groups in total. The lowest BCUT2D eigenvalue weighted by atomic mass is 10.2. The van der Waals surface area contributed by atoms with Crippen LogP contribution in [-0.2, 0) is 30.3 Å². The summed E-state index contributed by atoms with van der Waals surface area (Å²) in [7, 11) is 0. The van der Waals surface area contributed by atoms with E-state index in [2.05, 4.69) is 9.97 Å². The fourth-order valence-corrected chi connectivity index (χ4v) is 5.63. The molecule has 0 bridgehead atoms. The predicted octanol–water partition coefficient (Wildman–Crippen LogP) is -1.75. The molecule has 2 aliphatic heterocycles. The molecule has 2 aromatic heterocycles. The molecule has 3 unspecified atom stereocenters. The molecule has 37 heavy (non-hydrogen) atoms. The van der Waals surface area contributed by atoms with Gasteiger partial charge in [-0.05, 0) is 25.7 Å². The van der Waals surface area contributed by atoms with Gasteiger partial charge in [0.05, 0.1) is 25.4 Å². The van der Waals surface area contributed by atoms with Gasteiger partial charge in [0.25, 0.3) is 11.1 Å². The second-order valence-corrected chi connectivity index (χ2v) is 11.6. The second kappa shape index (κ2) is 10.8. The minimum Gasteiger partial charge on any atom is -0.394 e. The smallest absolute Gasteiger partial charge is 0.330 e. The average Bonchev–Trinajstić information content (AvgIpc) is 3.39. The van der Waals surface area contributed by atoms with Gasteiger partial charge in [0.1, 0.15) is 24.7 Å². The van der Waals surface area contributed by atoms with Crippen molar-refractivity contribution in [1.82, 2.24) is 19.1 Å². The lowest BCUT2D eigenvalue weighted by Crippen LogP contribution is -2.33. The zero-order valence-electron chi connectivity index (χ0n) is 19.8. The Labute approximate surface area is 213 Å². The van der Waals surface area contributed by atoms with Crippen molar-refractivity contribution in [3.63, 3.8) is 0 Å². The molecule has 2 fully saturated rings. The first-order chi connectivity index (χ1) is 17.4. The molecule has 2 aliphatic rings. The van der Waals surface area contributed by atoms with Gasteiger partial charge in [-0.15, -0.1) is 0 Å². The summed E-state index contributed by atoms with van der Waals surface area (Å²) in [4.78, 5) is 62.5. The number of aliphatic hydroxyl groups excluding tert-OH is 2. The number of rotatable bonds is 8. The number of aliphatic hydroxyl groups is 2. The maximum Gasteiger partial charge on any atom is 0.330 e. The van der Waals surface area contributed by atoms with Crippen LogP contribution in [0.1, 0.15) is 36.4 Å². The van der Waals surface area contributed by atoms with Crippen LogP contribution >= 0.6 is 6.72 Å². The molecule has 0 radical (unpaired) electrons. The van der Waals surface area contributed by atoms with Gasteiger partial charge < -0.3 is 33.6 Å². The summed E-state index contributed by atoms with van der Waals surface area (Å²) in [6.45, 7) is -1.79. The summed E-state index contributed by atoms with van der Waals surface area (Å²) in [5.74, 6) is 0. The molecule has 204 valence electrons. The first-order valence-corrected chi connectivity index (χ1v) is 13.9. The summed E-state index contributed by atoms with van der Waals surface area (Å²) in [6, 6.07) is 0. The van der Waals surface area contributed by atoms with Crippen LogP contribution in [0, 0.1) is 13.8 Å². The molecule has 0 spiro atoms. The molecule has 4 heterocycles. The van der Waals surface area contributed by atoms with Gasteiger partial charge in [-0.2, -0.15) is 0 Å². The average molecular weight is 562 g/mol. The van der Waals surface area contributed by atoms with E-state index in [1.807, 2.05) is 0 Å². The number of hydrogen-bond acceptors (Lipinski definition) is 11. The van der Waals surface area contributed by atoms with Gasteiger partial charge in [-0.25, -0.2) is 9.59 Å². The molecule has 4 rings (SSSR count). The highest BCUT2D eigenvalue weighted by Gasteiger charge is 2.42. The quantitative estimate of drug-likeness (QED) is 0.227. The van der Waals surface area contributed by atoms with Crippen molar-refractivity contribution in [3.05, 3.63) is 65.2 Å². The van der Waals surface area contributed by atoms with Gasteiger partial charge in [0, 0.05) is 36.4 Å². The van der Waals surface area contributed by atoms with Crippen LogP contribution in [0.5, 0.6) is 0 Å². The lowest BCUT2D eigenvalue weighted by molar-refractivity contribution is -0.0531. The van der Waals surface area contributed by atoms with Crippen LogP contribution in [0.25, 0.3) is 0 Å². The molecule has 0 saturated carbocycles. The SMILES string of the molecule is Cc1cn([C@H]2C[C@@H](O)C(COP(O)(=S)O[C@@H]3C[C@H](n4cc(C)c(=O)[nH]c4=O)OC3CO)O2)c(=O)[nH]c1=O. The molecule has 2 saturated heterocycles. The molecule has 15 nitrogen and oxygen atoms in total. The number of nitrogens with zero attached hydrogens (tertiary/aromatic N) is 2. The van der Waals surface area contributed by atoms with Crippen LogP contribution < -0.4 is 22.5 Å². The number of hydrogen-bond donors (Lipinski definition) is 5. The van der Waals surface area contributed by atoms with E-state index >= 15 is 0 Å². The van der Waals surface area contributed by atoms with Crippen LogP contribution in [0.15, 0.2) is 31.6 Å². The van der Waals surface area contributed by atoms with E-state index in [4.69, 9.17) is 30.3 Å². The summed E-state index contributed by atoms with van der Waals surface area (Å²) in [5.41, 5.74) is -1.92. The number of nitrogens with one attached hydrogen (secondary N) is 2. The van der Waals surface area contributed by atoms with Crippen LogP contribution in [0.3, 0.4) is 0 Å². The van der Waals surface area contributed by atoms with E-state index in [1.54, 1.807) is 0 Å². The number of aromatic nitrogens is 4. The van der Waals surface area contributed by atoms with E-state index in [1.165, 1.54) is 26.2 Å². The minimum atomic E-state index is -3.94. The van der Waals surface area contributed by atoms with Crippen molar-refractivity contribution in [2.24, 2.45) is 0 Å². The highest BCUT2D eigenvalue weighted by Crippen LogP contribution is 2.49. The zero-order chi connectivity index (χ0) is 27.1. The highest BCUT2D eigenvalue weighted by atomic mass is 32.5. The van der Waals surface area contributed by atoms with Gasteiger partial charge in [0.15, 0.2) is 0 Å². The molecule has 0 aromatic carbocycles. The van der Waals surface area contributed by atoms with Crippen molar-refractivity contribution in [1.29, 1.82) is 0 Å². The number of H-pyrrole nitrogens is 2. The van der Waals surface area contributed by atoms with Gasteiger partial charge in [0.2, 0.25) is 0 Å². The molecular weight excluding hydrogens is 535 g/mol. The van der Waals surface area contributed by atoms with Crippen molar-refractivity contribution < 1.29 is 33.6 Å². The summed E-state index contributed by atoms with van der Waals surface area (Å²) in [6.07, 6.45) is -3.05. The van der Waals surface area contributed by atoms with Gasteiger partial charge in [-0.3, -0.25) is 28.7 Å². The molecule has 7 atom stereocenters. The fourth-order valence-electron chi connectivity index (χ4n) is 4.15. The molecule has 2 aromatic rings. The maximum absolute atomic E-state index is 12.2. The maximum atomic E-state index is 12.2. The monoisotopic (exact) mass is 562 g/mol. The van der Waals surface area contributed by atoms with E-state index in [0.717, 1.165) is 9.13 Å². The Balaban J connectivity index is 1.39. The summed E-state index contributed by atoms with van der Waals surface area (Å²) >= 11 is 5.09. The van der Waals surface area contributed by atoms with E-state index in [-0.39, 0.29) is 30.6 Å². The number of aromatic amines is 2. The summed E-state index contributed by atoms with van der Waals surface area (Å²) < 4.78 is 24.6. The Morgan fingerprint density at radius 1 is 1.00 bits per heavy atom. The minimum absolute atomic E-state index is 0.0119. The third-order valence-electron chi connectivity index (χ3n) is 6.15. The fraction of sp³-hybridized carbons (Fsp3) is 0.600. The van der Waals surface area contributed by atoms with Crippen LogP contribution in [0.2, 0.25) is 0 Å². The molecule has 17 heteroatoms. The zero-order valence-corrected chi connectivity index (χ0v) is 21.5. The van der Waals surface area contributed by atoms with Gasteiger partial charge in [-0.1, -0.05) is 0 Å². The Hall–Kier alpha value is -2.27. The number of aryl methyl sites for hydroxylation is 2. The topological polar surface area (TPSA) is 207 Å². The molecule has 0 amide bonds. The Morgan fingerprint density at radius 2 is 1.51 bits per heavy atom. The van der Waals surface area contributed by atoms with E-state index < -0.39 is 72.7 Å². The normalized spacial score (nSPS) is 29.4. The Morgan fingerprint density at radius 3 is 2.05 bits per heavy atom. The van der Waals surface area contributed by atoms with Crippen LogP contribution in [-0.4, -0.2) is 71.8 Å². The van der Waals surface area contributed by atoms with Crippen molar-refractivity contribution in [3.8, 4) is 0 Å². The summed E-state index contributed by atoms with van der Waals surface area (Å²) in [5, 5.41) is 20.1. The van der Waals surface area contributed by atoms with Crippen molar-refractivity contribution in [2.75, 3.05) is 13.2 Å². The Bertz CT molecular complexity index is 1430. The third kappa shape index (κ3) is 6.08. The van der Waals surface area contributed by atoms with E-state index in [0.29, 0.717) is 0 Å². The third-order valence-corrected chi connectivity index (χ3v) is 7.73. The molecule has 0 aliphatic carbocycles. The first kappa shape index (κ1) is 27.8. The second-order valence-electron chi connectivity index (χ2n) is 8.85. The number of ether oxygens (including phenoxy) is 2. The first-order valence-electron chi connectivity index (χ1n) is 11.3. The largest absolute Gasteiger partial charge is 0.394 e. The predicted molar refractivity (Wildman–Crippen MR) is 130 cm³/mol. The standard InChI is InChI=1S/C20H27N4O11PS/c1-9-5-23(19(29)21-17(9)27)15-3-11(26)14(34-15)8-32-36(31,37)35-12-4-16(33-13(12)7-25)24-6-10(2)18(28)22-20(24)30/h5-6,11-16,25-26H,3-4,7-8H2,1-2H3,(H,31,37)(H,21,27,29)(H,22,28,30)/t11-,12-,13?,14?,15-,16-,36?/m1/s1. The lowest BCUT2D eigenvalue weighted by Gasteiger charge is -2.24. The van der Waals surface area contributed by atoms with Gasteiger partial charge >= 0.3 is 18.1 Å². The Kier molecular flexibility index (Phi) is 8.13. The van der Waals surface area contributed by atoms with Crippen molar-refractivity contribution in [2.45, 2.75) is 63.6 Å².